The molecule has 1 N–H and O–H groups in total. The van der Waals surface area contributed by atoms with Crippen molar-refractivity contribution in [2.75, 3.05) is 0 Å². The molecular formula is C7H8N2O3. The molecule has 0 spiro atoms. The van der Waals surface area contributed by atoms with Crippen LogP contribution in [0.25, 0.3) is 0 Å². The third kappa shape index (κ3) is 1.69. The summed E-state index contributed by atoms with van der Waals surface area (Å²) in [5.41, 5.74) is -1.41. The Morgan fingerprint density at radius 2 is 2.25 bits per heavy atom. The first-order valence-electron chi connectivity index (χ1n) is 3.39. The maximum atomic E-state index is 11.0. The molecule has 0 aromatic carbocycles. The van der Waals surface area contributed by atoms with E-state index in [2.05, 4.69) is 4.98 Å². The summed E-state index contributed by atoms with van der Waals surface area (Å²) >= 11 is 0. The SMILES string of the molecule is CC(=O)Cn1cc[nH]c(=O)c1=O. The summed E-state index contributed by atoms with van der Waals surface area (Å²) in [5, 5.41) is 0. The van der Waals surface area contributed by atoms with Gasteiger partial charge in [-0.15, -0.1) is 0 Å². The highest BCUT2D eigenvalue weighted by Gasteiger charge is 2.00. The van der Waals surface area contributed by atoms with Crippen molar-refractivity contribution in [1.29, 1.82) is 0 Å². The zero-order valence-corrected chi connectivity index (χ0v) is 6.53. The topological polar surface area (TPSA) is 71.9 Å². The van der Waals surface area contributed by atoms with Crippen LogP contribution < -0.4 is 11.1 Å². The highest BCUT2D eigenvalue weighted by molar-refractivity contribution is 5.75. The lowest BCUT2D eigenvalue weighted by Crippen LogP contribution is -2.36. The Bertz CT molecular complexity index is 402. The molecule has 0 bridgehead atoms. The number of carbonyl (C=O) groups is 1. The minimum absolute atomic E-state index is 0.0528. The Hall–Kier alpha value is -1.65. The Morgan fingerprint density at radius 3 is 2.83 bits per heavy atom. The molecule has 64 valence electrons. The summed E-state index contributed by atoms with van der Waals surface area (Å²) in [7, 11) is 0. The fraction of sp³-hybridized carbons (Fsp3) is 0.286. The van der Waals surface area contributed by atoms with Crippen LogP contribution in [0, 0.1) is 0 Å². The van der Waals surface area contributed by atoms with Gasteiger partial charge in [0.1, 0.15) is 5.78 Å². The zero-order chi connectivity index (χ0) is 9.14. The minimum atomic E-state index is -0.709. The van der Waals surface area contributed by atoms with Crippen molar-refractivity contribution in [1.82, 2.24) is 9.55 Å². The third-order valence-corrected chi connectivity index (χ3v) is 1.32. The summed E-state index contributed by atoms with van der Waals surface area (Å²) in [6.07, 6.45) is 2.69. The minimum Gasteiger partial charge on any atom is -0.323 e. The first-order chi connectivity index (χ1) is 5.61. The molecule has 0 aliphatic heterocycles. The van der Waals surface area contributed by atoms with Gasteiger partial charge >= 0.3 is 11.1 Å². The normalized spacial score (nSPS) is 9.75. The quantitative estimate of drug-likeness (QED) is 0.583. The average Bonchev–Trinajstić information content (AvgIpc) is 1.98. The maximum Gasteiger partial charge on any atom is 0.316 e. The van der Waals surface area contributed by atoms with E-state index >= 15 is 0 Å². The lowest BCUT2D eigenvalue weighted by molar-refractivity contribution is -0.117. The van der Waals surface area contributed by atoms with Crippen molar-refractivity contribution in [2.24, 2.45) is 0 Å². The molecule has 0 amide bonds. The van der Waals surface area contributed by atoms with Crippen LogP contribution in [0.1, 0.15) is 6.92 Å². The number of H-pyrrole nitrogens is 1. The van der Waals surface area contributed by atoms with Gasteiger partial charge in [-0.25, -0.2) is 0 Å². The van der Waals surface area contributed by atoms with E-state index in [4.69, 9.17) is 0 Å². The lowest BCUT2D eigenvalue weighted by Gasteiger charge is -1.98. The Kier molecular flexibility index (Phi) is 2.23. The number of aromatic nitrogens is 2. The number of nitrogens with one attached hydrogen (secondary N) is 1. The van der Waals surface area contributed by atoms with Crippen molar-refractivity contribution in [3.05, 3.63) is 33.1 Å². The van der Waals surface area contributed by atoms with E-state index < -0.39 is 11.1 Å². The van der Waals surface area contributed by atoms with Crippen molar-refractivity contribution in [2.45, 2.75) is 13.5 Å². The van der Waals surface area contributed by atoms with Gasteiger partial charge in [-0.05, 0) is 6.92 Å². The predicted octanol–water partition coefficient (Wildman–Crippen LogP) is -0.874. The van der Waals surface area contributed by atoms with E-state index in [1.807, 2.05) is 0 Å². The van der Waals surface area contributed by atoms with Gasteiger partial charge in [0, 0.05) is 12.4 Å². The molecule has 0 radical (unpaired) electrons. The van der Waals surface area contributed by atoms with Gasteiger partial charge in [-0.1, -0.05) is 0 Å². The van der Waals surface area contributed by atoms with Crippen LogP contribution in [0.3, 0.4) is 0 Å². The van der Waals surface area contributed by atoms with E-state index in [1.54, 1.807) is 0 Å². The highest BCUT2D eigenvalue weighted by Crippen LogP contribution is 1.77. The van der Waals surface area contributed by atoms with Crippen LogP contribution >= 0.6 is 0 Å². The van der Waals surface area contributed by atoms with E-state index in [-0.39, 0.29) is 12.3 Å². The second-order valence-corrected chi connectivity index (χ2v) is 2.42. The van der Waals surface area contributed by atoms with Gasteiger partial charge in [-0.3, -0.25) is 14.4 Å². The second kappa shape index (κ2) is 3.17. The number of hydrogen-bond acceptors (Lipinski definition) is 3. The van der Waals surface area contributed by atoms with Crippen LogP contribution in [0.5, 0.6) is 0 Å². The molecule has 0 aliphatic carbocycles. The van der Waals surface area contributed by atoms with E-state index in [9.17, 15) is 14.4 Å². The fourth-order valence-electron chi connectivity index (χ4n) is 0.827. The summed E-state index contributed by atoms with van der Waals surface area (Å²) in [4.78, 5) is 34.5. The van der Waals surface area contributed by atoms with Crippen LogP contribution in [-0.2, 0) is 11.3 Å². The number of ketones is 1. The van der Waals surface area contributed by atoms with Crippen LogP contribution in [0.2, 0.25) is 0 Å². The van der Waals surface area contributed by atoms with Crippen LogP contribution in [0.4, 0.5) is 0 Å². The summed E-state index contributed by atoms with van der Waals surface area (Å²) in [5.74, 6) is -0.164. The molecule has 1 rings (SSSR count). The molecule has 1 aromatic heterocycles. The highest BCUT2D eigenvalue weighted by atomic mass is 16.2. The largest absolute Gasteiger partial charge is 0.323 e. The molecular weight excluding hydrogens is 160 g/mol. The van der Waals surface area contributed by atoms with E-state index in [0.717, 1.165) is 4.57 Å². The molecule has 5 heteroatoms. The molecule has 0 unspecified atom stereocenters. The molecule has 5 nitrogen and oxygen atoms in total. The Labute approximate surface area is 67.7 Å². The molecule has 0 atom stereocenters. The fourth-order valence-corrected chi connectivity index (χ4v) is 0.827. The number of carbonyl (C=O) groups excluding carboxylic acids is 1. The molecule has 12 heavy (non-hydrogen) atoms. The van der Waals surface area contributed by atoms with E-state index in [0.29, 0.717) is 0 Å². The second-order valence-electron chi connectivity index (χ2n) is 2.42. The Balaban J connectivity index is 3.18. The van der Waals surface area contributed by atoms with Gasteiger partial charge in [-0.2, -0.15) is 0 Å². The molecule has 0 aliphatic rings. The summed E-state index contributed by atoms with van der Waals surface area (Å²) < 4.78 is 1.07. The third-order valence-electron chi connectivity index (χ3n) is 1.32. The number of Topliss-reactive ketones (excluding diaryl/α,β-unsaturated/α-hetero) is 1. The first-order valence-corrected chi connectivity index (χ1v) is 3.39. The van der Waals surface area contributed by atoms with Gasteiger partial charge in [0.25, 0.3) is 0 Å². The summed E-state index contributed by atoms with van der Waals surface area (Å²) in [6, 6.07) is 0. The standard InChI is InChI=1S/C7H8N2O3/c1-5(10)4-9-3-2-8-6(11)7(9)12/h2-3H,4H2,1H3,(H,8,11). The number of nitrogens with zero attached hydrogens (tertiary/aromatic N) is 1. The smallest absolute Gasteiger partial charge is 0.316 e. The number of rotatable bonds is 2. The lowest BCUT2D eigenvalue weighted by atomic mass is 10.4. The van der Waals surface area contributed by atoms with Crippen molar-refractivity contribution < 1.29 is 4.79 Å². The number of hydrogen-bond donors (Lipinski definition) is 1. The molecule has 0 saturated carbocycles. The van der Waals surface area contributed by atoms with Gasteiger partial charge in [0.15, 0.2) is 0 Å². The summed E-state index contributed by atoms with van der Waals surface area (Å²) in [6.45, 7) is 1.30. The van der Waals surface area contributed by atoms with Crippen molar-refractivity contribution >= 4 is 5.78 Å². The molecule has 1 aromatic rings. The average molecular weight is 168 g/mol. The Morgan fingerprint density at radius 1 is 1.58 bits per heavy atom. The maximum absolute atomic E-state index is 11.0. The molecule has 0 saturated heterocycles. The zero-order valence-electron chi connectivity index (χ0n) is 6.53. The monoisotopic (exact) mass is 168 g/mol. The van der Waals surface area contributed by atoms with E-state index in [1.165, 1.54) is 19.3 Å². The van der Waals surface area contributed by atoms with Crippen LogP contribution in [0.15, 0.2) is 22.0 Å². The van der Waals surface area contributed by atoms with Gasteiger partial charge < -0.3 is 9.55 Å². The predicted molar refractivity (Wildman–Crippen MR) is 42.0 cm³/mol. The van der Waals surface area contributed by atoms with Crippen LogP contribution in [-0.4, -0.2) is 15.3 Å². The molecule has 0 fully saturated rings. The van der Waals surface area contributed by atoms with Gasteiger partial charge in [0.05, 0.1) is 6.54 Å². The molecule has 1 heterocycles. The van der Waals surface area contributed by atoms with Crippen molar-refractivity contribution in [3.8, 4) is 0 Å². The van der Waals surface area contributed by atoms with Crippen molar-refractivity contribution in [3.63, 3.8) is 0 Å². The number of aromatic amines is 1. The first kappa shape index (κ1) is 8.45. The van der Waals surface area contributed by atoms with Gasteiger partial charge in [0.2, 0.25) is 0 Å².